The van der Waals surface area contributed by atoms with Crippen molar-refractivity contribution in [3.8, 4) is 0 Å². The Morgan fingerprint density at radius 2 is 1.87 bits per heavy atom. The van der Waals surface area contributed by atoms with E-state index in [0.29, 0.717) is 12.8 Å². The van der Waals surface area contributed by atoms with Crippen LogP contribution in [0.5, 0.6) is 0 Å². The minimum atomic E-state index is -0.995. The second-order valence-electron chi connectivity index (χ2n) is 8.35. The zero-order valence-electron chi connectivity index (χ0n) is 17.2. The van der Waals surface area contributed by atoms with Gasteiger partial charge in [-0.05, 0) is 55.7 Å². The van der Waals surface area contributed by atoms with Gasteiger partial charge in [0.2, 0.25) is 5.91 Å². The largest absolute Gasteiger partial charge is 0.348 e. The zero-order valence-corrected chi connectivity index (χ0v) is 17.2. The van der Waals surface area contributed by atoms with E-state index in [4.69, 9.17) is 0 Å². The van der Waals surface area contributed by atoms with E-state index in [9.17, 15) is 14.4 Å². The molecule has 156 valence electrons. The van der Waals surface area contributed by atoms with Crippen LogP contribution in [0.25, 0.3) is 0 Å². The summed E-state index contributed by atoms with van der Waals surface area (Å²) in [5, 5.41) is 5.80. The molecule has 0 bridgehead atoms. The lowest BCUT2D eigenvalue weighted by molar-refractivity contribution is -0.135. The van der Waals surface area contributed by atoms with E-state index >= 15 is 0 Å². The normalized spacial score (nSPS) is 23.1. The van der Waals surface area contributed by atoms with Crippen LogP contribution in [-0.4, -0.2) is 34.8 Å². The number of aryl methyl sites for hydroxylation is 2. The molecular formula is C24H27N3O3. The molecule has 0 unspecified atom stereocenters. The fourth-order valence-electron chi connectivity index (χ4n) is 4.39. The van der Waals surface area contributed by atoms with Crippen LogP contribution in [0.1, 0.15) is 48.9 Å². The monoisotopic (exact) mass is 405 g/mol. The summed E-state index contributed by atoms with van der Waals surface area (Å²) in [6.07, 6.45) is 4.02. The molecule has 0 radical (unpaired) electrons. The number of imide groups is 1. The molecule has 1 heterocycles. The second-order valence-corrected chi connectivity index (χ2v) is 8.35. The average molecular weight is 405 g/mol. The third-order valence-electron chi connectivity index (χ3n) is 6.11. The molecule has 6 nitrogen and oxygen atoms in total. The van der Waals surface area contributed by atoms with Gasteiger partial charge >= 0.3 is 6.03 Å². The van der Waals surface area contributed by atoms with Gasteiger partial charge in [-0.25, -0.2) is 4.79 Å². The van der Waals surface area contributed by atoms with E-state index in [2.05, 4.69) is 16.7 Å². The summed E-state index contributed by atoms with van der Waals surface area (Å²) in [4.78, 5) is 39.1. The van der Waals surface area contributed by atoms with Gasteiger partial charge in [-0.1, -0.05) is 54.6 Å². The van der Waals surface area contributed by atoms with Crippen LogP contribution in [0, 0.1) is 0 Å². The highest BCUT2D eigenvalue weighted by molar-refractivity contribution is 6.08. The van der Waals surface area contributed by atoms with E-state index in [-0.39, 0.29) is 24.4 Å². The van der Waals surface area contributed by atoms with Crippen LogP contribution in [0.15, 0.2) is 54.6 Å². The first kappa shape index (κ1) is 20.1. The highest BCUT2D eigenvalue weighted by Gasteiger charge is 2.47. The maximum Gasteiger partial charge on any atom is 0.325 e. The molecule has 2 aliphatic rings. The van der Waals surface area contributed by atoms with E-state index in [1.807, 2.05) is 48.5 Å². The number of benzene rings is 2. The standard InChI is InChI=1S/C24H27N3O3/c1-24(15-14-17-8-3-2-4-9-17)22(29)27(23(30)26-24)16-21(28)25-20-13-7-11-18-10-5-6-12-19(18)20/h2-6,8-10,12,20H,7,11,13-16H2,1H3,(H,25,28)(H,26,30)/t20-,24+/m0/s1. The SMILES string of the molecule is C[C@]1(CCc2ccccc2)NC(=O)N(CC(=O)N[C@H]2CCCc3ccccc32)C1=O. The molecule has 2 aromatic rings. The number of carbonyl (C=O) groups is 3. The number of urea groups is 1. The van der Waals surface area contributed by atoms with Crippen molar-refractivity contribution >= 4 is 17.8 Å². The number of rotatable bonds is 6. The Labute approximate surface area is 176 Å². The molecule has 4 rings (SSSR count). The van der Waals surface area contributed by atoms with E-state index in [0.717, 1.165) is 35.3 Å². The number of hydrogen-bond acceptors (Lipinski definition) is 3. The minimum absolute atomic E-state index is 0.0762. The predicted molar refractivity (Wildman–Crippen MR) is 114 cm³/mol. The van der Waals surface area contributed by atoms with Crippen molar-refractivity contribution in [2.75, 3.05) is 6.54 Å². The molecule has 0 saturated carbocycles. The number of hydrogen-bond donors (Lipinski definition) is 2. The number of amides is 4. The first-order valence-corrected chi connectivity index (χ1v) is 10.5. The molecule has 0 aromatic heterocycles. The van der Waals surface area contributed by atoms with Crippen molar-refractivity contribution in [2.45, 2.75) is 50.6 Å². The highest BCUT2D eigenvalue weighted by atomic mass is 16.2. The summed E-state index contributed by atoms with van der Waals surface area (Å²) in [5.41, 5.74) is 2.48. The Hall–Kier alpha value is -3.15. The molecule has 1 fully saturated rings. The van der Waals surface area contributed by atoms with Crippen LogP contribution in [0.3, 0.4) is 0 Å². The summed E-state index contributed by atoms with van der Waals surface area (Å²) in [7, 11) is 0. The highest BCUT2D eigenvalue weighted by Crippen LogP contribution is 2.29. The summed E-state index contributed by atoms with van der Waals surface area (Å²) in [6.45, 7) is 1.47. The maximum atomic E-state index is 12.9. The van der Waals surface area contributed by atoms with Gasteiger partial charge in [0.05, 0.1) is 6.04 Å². The van der Waals surface area contributed by atoms with Crippen LogP contribution in [-0.2, 0) is 22.4 Å². The van der Waals surface area contributed by atoms with Crippen molar-refractivity contribution < 1.29 is 14.4 Å². The fraction of sp³-hybridized carbons (Fsp3) is 0.375. The van der Waals surface area contributed by atoms with Crippen molar-refractivity contribution in [3.63, 3.8) is 0 Å². The van der Waals surface area contributed by atoms with Crippen molar-refractivity contribution in [1.82, 2.24) is 15.5 Å². The third-order valence-corrected chi connectivity index (χ3v) is 6.11. The molecule has 1 aliphatic heterocycles. The molecule has 4 amide bonds. The van der Waals surface area contributed by atoms with Crippen molar-refractivity contribution in [1.29, 1.82) is 0 Å². The van der Waals surface area contributed by atoms with Crippen LogP contribution < -0.4 is 10.6 Å². The van der Waals surface area contributed by atoms with Gasteiger partial charge in [-0.3, -0.25) is 14.5 Å². The molecule has 0 spiro atoms. The van der Waals surface area contributed by atoms with Crippen LogP contribution in [0.2, 0.25) is 0 Å². The molecule has 2 N–H and O–H groups in total. The van der Waals surface area contributed by atoms with Gasteiger partial charge in [0, 0.05) is 0 Å². The Balaban J connectivity index is 1.38. The lowest BCUT2D eigenvalue weighted by Gasteiger charge is -2.27. The molecule has 1 saturated heterocycles. The first-order chi connectivity index (χ1) is 14.5. The van der Waals surface area contributed by atoms with Gasteiger partial charge < -0.3 is 10.6 Å². The number of carbonyl (C=O) groups excluding carboxylic acids is 3. The molecular weight excluding hydrogens is 378 g/mol. The predicted octanol–water partition coefficient (Wildman–Crippen LogP) is 3.12. The maximum absolute atomic E-state index is 12.9. The van der Waals surface area contributed by atoms with E-state index in [1.54, 1.807) is 6.92 Å². The van der Waals surface area contributed by atoms with Gasteiger partial charge in [0.25, 0.3) is 5.91 Å². The summed E-state index contributed by atoms with van der Waals surface area (Å²) in [5.74, 6) is -0.657. The van der Waals surface area contributed by atoms with Gasteiger partial charge in [0.1, 0.15) is 12.1 Å². The first-order valence-electron chi connectivity index (χ1n) is 10.5. The second kappa shape index (κ2) is 8.30. The Morgan fingerprint density at radius 3 is 2.67 bits per heavy atom. The lowest BCUT2D eigenvalue weighted by Crippen LogP contribution is -2.46. The number of nitrogens with one attached hydrogen (secondary N) is 2. The third kappa shape index (κ3) is 4.08. The minimum Gasteiger partial charge on any atom is -0.348 e. The van der Waals surface area contributed by atoms with E-state index < -0.39 is 11.6 Å². The van der Waals surface area contributed by atoms with Crippen molar-refractivity contribution in [3.05, 3.63) is 71.3 Å². The molecule has 2 aromatic carbocycles. The fourth-order valence-corrected chi connectivity index (χ4v) is 4.39. The summed E-state index contributed by atoms with van der Waals surface area (Å²) >= 11 is 0. The van der Waals surface area contributed by atoms with Gasteiger partial charge in [-0.15, -0.1) is 0 Å². The Morgan fingerprint density at radius 1 is 1.13 bits per heavy atom. The Kier molecular flexibility index (Phi) is 5.57. The summed E-state index contributed by atoms with van der Waals surface area (Å²) < 4.78 is 0. The molecule has 30 heavy (non-hydrogen) atoms. The lowest BCUT2D eigenvalue weighted by atomic mass is 9.88. The summed E-state index contributed by atoms with van der Waals surface area (Å²) in [6, 6.07) is 17.4. The van der Waals surface area contributed by atoms with Gasteiger partial charge in [0.15, 0.2) is 0 Å². The molecule has 6 heteroatoms. The molecule has 1 aliphatic carbocycles. The van der Waals surface area contributed by atoms with E-state index in [1.165, 1.54) is 5.56 Å². The van der Waals surface area contributed by atoms with Gasteiger partial charge in [-0.2, -0.15) is 0 Å². The van der Waals surface area contributed by atoms with Crippen molar-refractivity contribution in [2.24, 2.45) is 0 Å². The van der Waals surface area contributed by atoms with Crippen LogP contribution >= 0.6 is 0 Å². The quantitative estimate of drug-likeness (QED) is 0.725. The zero-order chi connectivity index (χ0) is 21.1. The molecule has 2 atom stereocenters. The average Bonchev–Trinajstić information content (AvgIpc) is 2.97. The number of fused-ring (bicyclic) bond motifs is 1. The Bertz CT molecular complexity index is 959. The van der Waals surface area contributed by atoms with Crippen LogP contribution in [0.4, 0.5) is 4.79 Å². The number of nitrogens with zero attached hydrogens (tertiary/aromatic N) is 1. The smallest absolute Gasteiger partial charge is 0.325 e. The topological polar surface area (TPSA) is 78.5 Å².